The fraction of sp³-hybridized carbons (Fsp3) is 0.320. The molecule has 0 unspecified atom stereocenters. The Morgan fingerprint density at radius 2 is 1.59 bits per heavy atom. The molecule has 11 nitrogen and oxygen atoms in total. The zero-order valence-corrected chi connectivity index (χ0v) is 21.7. The Balaban J connectivity index is 1.73. The van der Waals surface area contributed by atoms with Crippen molar-refractivity contribution in [2.45, 2.75) is 13.1 Å². The molecule has 39 heavy (non-hydrogen) atoms. The van der Waals surface area contributed by atoms with E-state index in [4.69, 9.17) is 14.2 Å². The summed E-state index contributed by atoms with van der Waals surface area (Å²) in [6, 6.07) is 7.91. The van der Waals surface area contributed by atoms with Crippen LogP contribution in [0.5, 0.6) is 23.1 Å². The highest BCUT2D eigenvalue weighted by molar-refractivity contribution is 5.90. The van der Waals surface area contributed by atoms with Crippen LogP contribution >= 0.6 is 0 Å². The van der Waals surface area contributed by atoms with E-state index in [1.54, 1.807) is 25.1 Å². The van der Waals surface area contributed by atoms with Crippen LogP contribution in [0.25, 0.3) is 21.8 Å². The predicted octanol–water partition coefficient (Wildman–Crippen LogP) is 4.05. The summed E-state index contributed by atoms with van der Waals surface area (Å²) in [5, 5.41) is 3.53. The summed E-state index contributed by atoms with van der Waals surface area (Å²) in [4.78, 5) is 30.8. The van der Waals surface area contributed by atoms with Crippen LogP contribution in [0.2, 0.25) is 0 Å². The second-order valence-corrected chi connectivity index (χ2v) is 8.55. The first-order chi connectivity index (χ1) is 18.5. The van der Waals surface area contributed by atoms with Gasteiger partial charge in [-0.3, -0.25) is 5.32 Å². The van der Waals surface area contributed by atoms with Crippen molar-refractivity contribution in [1.29, 1.82) is 0 Å². The average Bonchev–Trinajstić information content (AvgIpc) is 2.87. The third kappa shape index (κ3) is 6.34. The van der Waals surface area contributed by atoms with E-state index in [0.717, 1.165) is 0 Å². The lowest BCUT2D eigenvalue weighted by Crippen LogP contribution is -2.28. The molecule has 206 valence electrons. The molecule has 0 amide bonds. The highest BCUT2D eigenvalue weighted by Gasteiger charge is 2.42. The molecular formula is C25H25F3N6O5. The molecule has 0 fully saturated rings. The van der Waals surface area contributed by atoms with E-state index in [9.17, 15) is 18.0 Å². The number of ether oxygens (including phenoxy) is 4. The fourth-order valence-corrected chi connectivity index (χ4v) is 3.56. The molecule has 0 radical (unpaired) electrons. The number of hydrogen-bond acceptors (Lipinski definition) is 11. The predicted molar refractivity (Wildman–Crippen MR) is 136 cm³/mol. The van der Waals surface area contributed by atoms with Crippen molar-refractivity contribution >= 4 is 39.7 Å². The van der Waals surface area contributed by atoms with E-state index in [0.29, 0.717) is 47.0 Å². The molecule has 0 spiro atoms. The van der Waals surface area contributed by atoms with E-state index < -0.39 is 18.0 Å². The van der Waals surface area contributed by atoms with Crippen LogP contribution in [0.4, 0.5) is 25.1 Å². The monoisotopic (exact) mass is 546 g/mol. The number of likely N-dealkylation sites (N-methyl/N-ethyl adjacent to an activating group) is 1. The van der Waals surface area contributed by atoms with Crippen molar-refractivity contribution < 1.29 is 36.9 Å². The molecule has 14 heteroatoms. The summed E-state index contributed by atoms with van der Waals surface area (Å²) in [7, 11) is 6.74. The van der Waals surface area contributed by atoms with Crippen molar-refractivity contribution in [3.8, 4) is 23.1 Å². The number of fused-ring (bicyclic) bond motifs is 2. The standard InChI is InChI=1S/C25H25F3N6O5/c1-13-15-11-19(36-4)20(37-5)12-18(15)31-23(29-13)33-24-30-17-7-6-14(38-9-8-34(2)3)10-16(17)21(32-24)39-22(35)25(26,27)28/h6-7,10-12H,8-9H2,1-5H3,(H,29,30,31,32,33). The molecule has 2 heterocycles. The highest BCUT2D eigenvalue weighted by atomic mass is 19.4. The van der Waals surface area contributed by atoms with Crippen molar-refractivity contribution in [3.63, 3.8) is 0 Å². The summed E-state index contributed by atoms with van der Waals surface area (Å²) in [6.07, 6.45) is -5.23. The molecule has 4 rings (SSSR count). The number of rotatable bonds is 9. The quantitative estimate of drug-likeness (QED) is 0.306. The van der Waals surface area contributed by atoms with Gasteiger partial charge in [-0.2, -0.15) is 18.2 Å². The summed E-state index contributed by atoms with van der Waals surface area (Å²) in [5.74, 6) is -1.87. The van der Waals surface area contributed by atoms with Gasteiger partial charge in [0.1, 0.15) is 12.4 Å². The second-order valence-electron chi connectivity index (χ2n) is 8.55. The average molecular weight is 547 g/mol. The van der Waals surface area contributed by atoms with Crippen molar-refractivity contribution in [2.24, 2.45) is 0 Å². The largest absolute Gasteiger partial charge is 0.493 e. The van der Waals surface area contributed by atoms with Crippen LogP contribution in [-0.4, -0.2) is 78.4 Å². The van der Waals surface area contributed by atoms with Gasteiger partial charge in [-0.1, -0.05) is 0 Å². The number of hydrogen-bond donors (Lipinski definition) is 1. The van der Waals surface area contributed by atoms with E-state index in [-0.39, 0.29) is 22.8 Å². The molecule has 2 aromatic carbocycles. The number of halogens is 3. The summed E-state index contributed by atoms with van der Waals surface area (Å²) >= 11 is 0. The molecule has 0 aliphatic heterocycles. The smallest absolute Gasteiger partial charge is 0.491 e. The Morgan fingerprint density at radius 3 is 2.26 bits per heavy atom. The van der Waals surface area contributed by atoms with Crippen LogP contribution in [0.1, 0.15) is 5.69 Å². The molecule has 0 aliphatic carbocycles. The van der Waals surface area contributed by atoms with Gasteiger partial charge < -0.3 is 23.8 Å². The Bertz CT molecular complexity index is 1530. The van der Waals surface area contributed by atoms with Crippen LogP contribution in [0, 0.1) is 6.92 Å². The van der Waals surface area contributed by atoms with E-state index >= 15 is 0 Å². The summed E-state index contributed by atoms with van der Waals surface area (Å²) in [6.45, 7) is 2.68. The molecule has 0 saturated heterocycles. The Labute approximate surface area is 220 Å². The SMILES string of the molecule is COc1cc2nc(Nc3nc(OC(=O)C(F)(F)F)c4cc(OCCN(C)C)ccc4n3)nc(C)c2cc1OC. The molecule has 2 aromatic heterocycles. The Hall–Kier alpha value is -4.46. The van der Waals surface area contributed by atoms with Crippen LogP contribution < -0.4 is 24.3 Å². The normalized spacial score (nSPS) is 11.6. The third-order valence-electron chi connectivity index (χ3n) is 5.48. The van der Waals surface area contributed by atoms with Gasteiger partial charge in [0.15, 0.2) is 11.5 Å². The second kappa shape index (κ2) is 11.1. The minimum absolute atomic E-state index is 0.0490. The number of alkyl halides is 3. The number of anilines is 2. The van der Waals surface area contributed by atoms with Gasteiger partial charge in [0.2, 0.25) is 17.8 Å². The first kappa shape index (κ1) is 27.6. The van der Waals surface area contributed by atoms with Gasteiger partial charge in [-0.15, -0.1) is 0 Å². The topological polar surface area (TPSA) is 121 Å². The Kier molecular flexibility index (Phi) is 7.85. The van der Waals surface area contributed by atoms with Gasteiger partial charge in [0, 0.05) is 18.0 Å². The number of carbonyl (C=O) groups is 1. The first-order valence-electron chi connectivity index (χ1n) is 11.5. The Morgan fingerprint density at radius 1 is 0.923 bits per heavy atom. The third-order valence-corrected chi connectivity index (χ3v) is 5.48. The molecule has 1 N–H and O–H groups in total. The summed E-state index contributed by atoms with van der Waals surface area (Å²) < 4.78 is 60.0. The van der Waals surface area contributed by atoms with Crippen LogP contribution in [0.3, 0.4) is 0 Å². The summed E-state index contributed by atoms with van der Waals surface area (Å²) in [5.41, 5.74) is 1.28. The molecule has 4 aromatic rings. The van der Waals surface area contributed by atoms with Gasteiger partial charge in [-0.25, -0.2) is 19.7 Å². The fourth-order valence-electron chi connectivity index (χ4n) is 3.56. The maximum Gasteiger partial charge on any atom is 0.491 e. The number of benzene rings is 2. The zero-order chi connectivity index (χ0) is 28.3. The number of esters is 1. The van der Waals surface area contributed by atoms with Crippen molar-refractivity contribution in [2.75, 3.05) is 46.8 Å². The molecular weight excluding hydrogens is 521 g/mol. The number of carbonyl (C=O) groups excluding carboxylic acids is 1. The highest BCUT2D eigenvalue weighted by Crippen LogP contribution is 2.34. The lowest BCUT2D eigenvalue weighted by atomic mass is 10.1. The van der Waals surface area contributed by atoms with E-state index in [2.05, 4.69) is 30.0 Å². The van der Waals surface area contributed by atoms with Crippen LogP contribution in [-0.2, 0) is 4.79 Å². The number of nitrogens with one attached hydrogen (secondary N) is 1. The molecule has 0 saturated carbocycles. The minimum atomic E-state index is -5.23. The molecule has 0 bridgehead atoms. The van der Waals surface area contributed by atoms with E-state index in [1.807, 2.05) is 19.0 Å². The molecule has 0 atom stereocenters. The van der Waals surface area contributed by atoms with Crippen molar-refractivity contribution in [1.82, 2.24) is 24.8 Å². The van der Waals surface area contributed by atoms with E-state index in [1.165, 1.54) is 26.4 Å². The maximum atomic E-state index is 13.0. The molecule has 0 aliphatic rings. The lowest BCUT2D eigenvalue weighted by Gasteiger charge is -2.14. The minimum Gasteiger partial charge on any atom is -0.493 e. The maximum absolute atomic E-state index is 13.0. The number of aryl methyl sites for hydroxylation is 1. The zero-order valence-electron chi connectivity index (χ0n) is 21.7. The van der Waals surface area contributed by atoms with Gasteiger partial charge in [-0.05, 0) is 45.3 Å². The van der Waals surface area contributed by atoms with Gasteiger partial charge in [0.25, 0.3) is 0 Å². The number of methoxy groups -OCH3 is 2. The number of aromatic nitrogens is 4. The lowest BCUT2D eigenvalue weighted by molar-refractivity contribution is -0.189. The van der Waals surface area contributed by atoms with Crippen LogP contribution in [0.15, 0.2) is 30.3 Å². The van der Waals surface area contributed by atoms with Crippen molar-refractivity contribution in [3.05, 3.63) is 36.0 Å². The first-order valence-corrected chi connectivity index (χ1v) is 11.5. The number of nitrogens with zero attached hydrogens (tertiary/aromatic N) is 5. The van der Waals surface area contributed by atoms with Gasteiger partial charge in [0.05, 0.1) is 36.3 Å². The van der Waals surface area contributed by atoms with Gasteiger partial charge >= 0.3 is 12.1 Å².